The van der Waals surface area contributed by atoms with Crippen molar-refractivity contribution in [3.05, 3.63) is 60.8 Å². The molecule has 0 spiro atoms. The number of phosphoric ester groups is 2. The molecule has 0 saturated heterocycles. The highest BCUT2D eigenvalue weighted by molar-refractivity contribution is 7.47. The van der Waals surface area contributed by atoms with Crippen LogP contribution in [0.1, 0.15) is 387 Å². The van der Waals surface area contributed by atoms with Gasteiger partial charge in [0.1, 0.15) is 19.3 Å². The minimum absolute atomic E-state index is 0.0216. The quantitative estimate of drug-likeness (QED) is 0.0169. The zero-order valence-corrected chi connectivity index (χ0v) is 67.1. The number of carbonyl (C=O) groups is 4. The van der Waals surface area contributed by atoms with Crippen LogP contribution >= 0.6 is 15.6 Å². The van der Waals surface area contributed by atoms with Gasteiger partial charge in [0.2, 0.25) is 0 Å². The fourth-order valence-electron chi connectivity index (χ4n) is 11.6. The second-order valence-corrected chi connectivity index (χ2v) is 31.0. The van der Waals surface area contributed by atoms with Crippen molar-refractivity contribution in [1.82, 2.24) is 0 Å². The van der Waals surface area contributed by atoms with Crippen LogP contribution in [-0.2, 0) is 65.4 Å². The van der Waals surface area contributed by atoms with Crippen molar-refractivity contribution < 1.29 is 80.2 Å². The molecule has 0 aromatic carbocycles. The molecular formula is C83H152O17P2. The second-order valence-electron chi connectivity index (χ2n) is 28.1. The molecule has 5 atom stereocenters. The summed E-state index contributed by atoms with van der Waals surface area (Å²) in [4.78, 5) is 73.0. The van der Waals surface area contributed by atoms with Crippen molar-refractivity contribution in [2.75, 3.05) is 39.6 Å². The summed E-state index contributed by atoms with van der Waals surface area (Å²) in [5.74, 6) is -2.21. The third kappa shape index (κ3) is 75.0. The van der Waals surface area contributed by atoms with E-state index in [1.165, 1.54) is 193 Å². The van der Waals surface area contributed by atoms with E-state index in [0.29, 0.717) is 32.1 Å². The van der Waals surface area contributed by atoms with Gasteiger partial charge in [-0.1, -0.05) is 332 Å². The van der Waals surface area contributed by atoms with Crippen molar-refractivity contribution in [3.63, 3.8) is 0 Å². The molecule has 0 radical (unpaired) electrons. The highest BCUT2D eigenvalue weighted by Gasteiger charge is 2.30. The van der Waals surface area contributed by atoms with Gasteiger partial charge in [0.05, 0.1) is 26.4 Å². The predicted molar refractivity (Wildman–Crippen MR) is 418 cm³/mol. The summed E-state index contributed by atoms with van der Waals surface area (Å²) in [6.45, 7) is 4.86. The van der Waals surface area contributed by atoms with E-state index < -0.39 is 97.5 Å². The zero-order valence-electron chi connectivity index (χ0n) is 65.3. The van der Waals surface area contributed by atoms with Crippen LogP contribution in [0, 0.1) is 0 Å². The van der Waals surface area contributed by atoms with Gasteiger partial charge in [0.15, 0.2) is 12.2 Å². The SMILES string of the molecule is CCCCC/C=C\C/C=C\C/C=C\C/C=C\CCCC(=O)O[C@H](COC(=O)CCCCCCC/C=C\CCCCCCCC)COP(=O)(O)OC[C@@H](O)COP(=O)(O)OC[C@@H](COC(=O)CCCCCCCCCCCCCCC)OC(=O)CCCCCCCCCCCCCCCCCCC. The Morgan fingerprint density at radius 1 is 0.275 bits per heavy atom. The lowest BCUT2D eigenvalue weighted by molar-refractivity contribution is -0.161. The third-order valence-corrected chi connectivity index (χ3v) is 19.9. The number of allylic oxidation sites excluding steroid dienone is 10. The van der Waals surface area contributed by atoms with Gasteiger partial charge in [0, 0.05) is 25.7 Å². The van der Waals surface area contributed by atoms with Crippen LogP contribution in [0.3, 0.4) is 0 Å². The van der Waals surface area contributed by atoms with Crippen molar-refractivity contribution in [2.45, 2.75) is 406 Å². The van der Waals surface area contributed by atoms with Crippen molar-refractivity contribution >= 4 is 39.5 Å². The van der Waals surface area contributed by atoms with Crippen molar-refractivity contribution in [2.24, 2.45) is 0 Å². The number of rotatable bonds is 79. The monoisotopic (exact) mass is 1480 g/mol. The topological polar surface area (TPSA) is 237 Å². The van der Waals surface area contributed by atoms with E-state index in [9.17, 15) is 43.2 Å². The van der Waals surface area contributed by atoms with E-state index in [-0.39, 0.29) is 25.7 Å². The van der Waals surface area contributed by atoms with E-state index in [1.54, 1.807) is 0 Å². The fraction of sp³-hybridized carbons (Fsp3) is 0.831. The van der Waals surface area contributed by atoms with Crippen LogP contribution in [0.2, 0.25) is 0 Å². The molecule has 19 heteroatoms. The first kappa shape index (κ1) is 98.8. The molecule has 2 unspecified atom stereocenters. The number of unbranched alkanes of at least 4 members (excludes halogenated alkanes) is 43. The molecule has 0 heterocycles. The Hall–Kier alpha value is -3.24. The Kier molecular flexibility index (Phi) is 73.6. The van der Waals surface area contributed by atoms with E-state index in [0.717, 1.165) is 109 Å². The highest BCUT2D eigenvalue weighted by Crippen LogP contribution is 2.45. The first-order valence-corrected chi connectivity index (χ1v) is 44.5. The molecule has 17 nitrogen and oxygen atoms in total. The maximum atomic E-state index is 13.1. The van der Waals surface area contributed by atoms with E-state index in [1.807, 2.05) is 12.2 Å². The number of aliphatic hydroxyl groups is 1. The number of phosphoric acid groups is 2. The third-order valence-electron chi connectivity index (χ3n) is 18.0. The molecule has 0 rings (SSSR count). The van der Waals surface area contributed by atoms with E-state index in [2.05, 4.69) is 76.3 Å². The molecular weight excluding hydrogens is 1330 g/mol. The Bertz CT molecular complexity index is 2170. The molecule has 0 aliphatic heterocycles. The van der Waals surface area contributed by atoms with Gasteiger partial charge in [-0.3, -0.25) is 37.3 Å². The minimum atomic E-state index is -4.99. The van der Waals surface area contributed by atoms with Crippen LogP contribution < -0.4 is 0 Å². The van der Waals surface area contributed by atoms with Crippen LogP contribution in [0.5, 0.6) is 0 Å². The molecule has 596 valence electrons. The van der Waals surface area contributed by atoms with E-state index in [4.69, 9.17) is 37.0 Å². The van der Waals surface area contributed by atoms with Gasteiger partial charge in [0.25, 0.3) is 0 Å². The Labute approximate surface area is 622 Å². The number of hydrogen-bond acceptors (Lipinski definition) is 15. The van der Waals surface area contributed by atoms with Gasteiger partial charge in [-0.15, -0.1) is 0 Å². The summed E-state index contributed by atoms with van der Waals surface area (Å²) in [5, 5.41) is 10.6. The molecule has 102 heavy (non-hydrogen) atoms. The Balaban J connectivity index is 5.37. The van der Waals surface area contributed by atoms with Crippen LogP contribution in [-0.4, -0.2) is 96.7 Å². The minimum Gasteiger partial charge on any atom is -0.462 e. The van der Waals surface area contributed by atoms with Gasteiger partial charge in [-0.05, 0) is 89.9 Å². The van der Waals surface area contributed by atoms with Gasteiger partial charge in [-0.25, -0.2) is 9.13 Å². The molecule has 0 aromatic heterocycles. The van der Waals surface area contributed by atoms with Gasteiger partial charge >= 0.3 is 39.5 Å². The van der Waals surface area contributed by atoms with Gasteiger partial charge < -0.3 is 33.8 Å². The number of hydrogen-bond donors (Lipinski definition) is 3. The largest absolute Gasteiger partial charge is 0.472 e. The number of ether oxygens (including phenoxy) is 4. The fourth-order valence-corrected chi connectivity index (χ4v) is 13.2. The molecule has 0 amide bonds. The summed E-state index contributed by atoms with van der Waals surface area (Å²) >= 11 is 0. The zero-order chi connectivity index (χ0) is 74.6. The first-order chi connectivity index (χ1) is 49.7. The average Bonchev–Trinajstić information content (AvgIpc) is 0.966. The second kappa shape index (κ2) is 76.0. The molecule has 0 saturated carbocycles. The lowest BCUT2D eigenvalue weighted by Crippen LogP contribution is -2.30. The number of esters is 4. The Morgan fingerprint density at radius 2 is 0.490 bits per heavy atom. The number of aliphatic hydroxyl groups excluding tert-OH is 1. The molecule has 0 aromatic rings. The summed E-state index contributed by atoms with van der Waals surface area (Å²) in [5.41, 5.74) is 0. The molecule has 3 N–H and O–H groups in total. The van der Waals surface area contributed by atoms with Gasteiger partial charge in [-0.2, -0.15) is 0 Å². The molecule has 0 fully saturated rings. The van der Waals surface area contributed by atoms with Crippen molar-refractivity contribution in [1.29, 1.82) is 0 Å². The highest BCUT2D eigenvalue weighted by atomic mass is 31.2. The summed E-state index contributed by atoms with van der Waals surface area (Å²) in [6, 6.07) is 0. The maximum Gasteiger partial charge on any atom is 0.472 e. The van der Waals surface area contributed by atoms with Crippen LogP contribution in [0.4, 0.5) is 0 Å². The lowest BCUT2D eigenvalue weighted by atomic mass is 10.0. The Morgan fingerprint density at radius 3 is 0.804 bits per heavy atom. The average molecular weight is 1480 g/mol. The summed E-state index contributed by atoms with van der Waals surface area (Å²) in [7, 11) is -9.96. The van der Waals surface area contributed by atoms with Crippen LogP contribution in [0.15, 0.2) is 60.8 Å². The van der Waals surface area contributed by atoms with Crippen molar-refractivity contribution in [3.8, 4) is 0 Å². The maximum absolute atomic E-state index is 13.1. The lowest BCUT2D eigenvalue weighted by Gasteiger charge is -2.21. The predicted octanol–water partition coefficient (Wildman–Crippen LogP) is 24.2. The first-order valence-electron chi connectivity index (χ1n) is 41.5. The summed E-state index contributed by atoms with van der Waals surface area (Å²) in [6.07, 6.45) is 76.2. The standard InChI is InChI=1S/C83H152O17P2/c1-5-9-13-17-21-25-29-33-36-38-41-45-49-53-57-61-65-69-82(87)99-78(73-93-80(85)67-63-59-55-51-47-43-32-28-24-20-16-12-8-4)75-97-101(89,90)95-71-77(84)72-96-102(91,92)98-76-79(74-94-81(86)68-64-60-56-52-48-44-40-35-31-27-23-19-15-11-7-3)100-83(88)70-66-62-58-54-50-46-42-39-37-34-30-26-22-18-14-10-6-2/h22,26,34-35,37,40,42,46,54,58,77-79,84H,5-21,23-25,27-33,36,38-39,41,43-45,47-53,55-57,59-76H2,1-4H3,(H,89,90)(H,91,92)/b26-22-,37-34-,40-35-,46-42-,58-54-/t77-,78+,79+/m0/s1. The van der Waals surface area contributed by atoms with Crippen LogP contribution in [0.25, 0.3) is 0 Å². The normalized spacial score (nSPS) is 14.1. The molecule has 0 aliphatic rings. The number of carbonyl (C=O) groups excluding carboxylic acids is 4. The van der Waals surface area contributed by atoms with E-state index >= 15 is 0 Å². The molecule has 0 bridgehead atoms. The molecule has 0 aliphatic carbocycles. The summed E-state index contributed by atoms with van der Waals surface area (Å²) < 4.78 is 68.6. The smallest absolute Gasteiger partial charge is 0.462 e.